The lowest BCUT2D eigenvalue weighted by atomic mass is 9.72. The van der Waals surface area contributed by atoms with Crippen molar-refractivity contribution in [1.82, 2.24) is 19.5 Å². The molecule has 1 aliphatic carbocycles. The van der Waals surface area contributed by atoms with Crippen molar-refractivity contribution < 1.29 is 9.18 Å². The van der Waals surface area contributed by atoms with Gasteiger partial charge >= 0.3 is 0 Å². The fourth-order valence-corrected chi connectivity index (χ4v) is 7.46. The smallest absolute Gasteiger partial charge is 0.225 e. The van der Waals surface area contributed by atoms with Crippen LogP contribution in [-0.4, -0.2) is 58.6 Å². The largest absolute Gasteiger partial charge is 0.370 e. The van der Waals surface area contributed by atoms with Gasteiger partial charge in [-0.3, -0.25) is 4.79 Å². The van der Waals surface area contributed by atoms with Gasteiger partial charge in [0.05, 0.1) is 16.9 Å². The number of carbonyl (C=O) groups excluding carboxylic acids is 1. The molecule has 3 fully saturated rings. The number of hydrogen-bond donors (Lipinski definition) is 0. The van der Waals surface area contributed by atoms with Crippen LogP contribution in [0.5, 0.6) is 0 Å². The van der Waals surface area contributed by atoms with Gasteiger partial charge in [-0.15, -0.1) is 6.58 Å². The van der Waals surface area contributed by atoms with Gasteiger partial charge in [-0.25, -0.2) is 13.9 Å². The molecule has 2 aliphatic heterocycles. The van der Waals surface area contributed by atoms with Crippen molar-refractivity contribution in [3.63, 3.8) is 0 Å². The zero-order chi connectivity index (χ0) is 30.0. The highest BCUT2D eigenvalue weighted by Crippen LogP contribution is 2.49. The van der Waals surface area contributed by atoms with Crippen LogP contribution < -0.4 is 9.80 Å². The van der Waals surface area contributed by atoms with Crippen molar-refractivity contribution in [2.24, 2.45) is 11.3 Å². The number of rotatable bonds is 8. The zero-order valence-corrected chi connectivity index (χ0v) is 25.5. The minimum atomic E-state index is -0.323. The van der Waals surface area contributed by atoms with E-state index >= 15 is 0 Å². The molecule has 220 valence electrons. The number of hydrogen-bond acceptors (Lipinski definition) is 7. The van der Waals surface area contributed by atoms with Gasteiger partial charge in [0.1, 0.15) is 22.5 Å². The first-order chi connectivity index (χ1) is 20.7. The summed E-state index contributed by atoms with van der Waals surface area (Å²) in [6.07, 6.45) is 4.74. The number of benzene rings is 1. The van der Waals surface area contributed by atoms with Crippen LogP contribution in [0.1, 0.15) is 48.4 Å². The molecule has 7 rings (SSSR count). The molecule has 1 aromatic carbocycles. The van der Waals surface area contributed by atoms with E-state index in [4.69, 9.17) is 10.1 Å². The van der Waals surface area contributed by atoms with Crippen LogP contribution in [0.3, 0.4) is 0 Å². The molecule has 10 heteroatoms. The molecule has 0 bridgehead atoms. The summed E-state index contributed by atoms with van der Waals surface area (Å²) in [5.41, 5.74) is 6.75. The molecule has 3 aliphatic rings. The van der Waals surface area contributed by atoms with Crippen LogP contribution >= 0.6 is 11.3 Å². The summed E-state index contributed by atoms with van der Waals surface area (Å²) in [6, 6.07) is 12.8. The van der Waals surface area contributed by atoms with E-state index < -0.39 is 0 Å². The van der Waals surface area contributed by atoms with E-state index in [1.165, 1.54) is 23.5 Å². The first-order valence-corrected chi connectivity index (χ1v) is 15.6. The molecule has 8 nitrogen and oxygen atoms in total. The number of nitrogens with zero attached hydrogens (tertiary/aromatic N) is 7. The van der Waals surface area contributed by atoms with Gasteiger partial charge in [0.15, 0.2) is 5.13 Å². The van der Waals surface area contributed by atoms with Crippen LogP contribution in [0.4, 0.5) is 20.9 Å². The standard InChI is InChI=1S/C33H34FN7OS/c1-5-6-20(2)31(42)40-18-33(19-40)16-39(17-33)25-13-21(3)41-26(14-25)30(29(37-41)23-7-8-23)38(4)32-36-28(27(15-35)43-32)22-9-11-24(34)12-10-22/h5,9-14,20,23H,1,6-8,16-19H2,2-4H3. The minimum Gasteiger partial charge on any atom is -0.370 e. The molecule has 0 N–H and O–H groups in total. The number of aromatic nitrogens is 3. The van der Waals surface area contributed by atoms with E-state index in [2.05, 4.69) is 41.5 Å². The van der Waals surface area contributed by atoms with E-state index in [1.807, 2.05) is 29.5 Å². The maximum Gasteiger partial charge on any atom is 0.225 e. The predicted octanol–water partition coefficient (Wildman–Crippen LogP) is 6.28. The Kier molecular flexibility index (Phi) is 6.54. The summed E-state index contributed by atoms with van der Waals surface area (Å²) < 4.78 is 15.6. The molecule has 1 atom stereocenters. The number of allylic oxidation sites excluding steroid dienone is 1. The molecule has 1 spiro atoms. The molecule has 1 amide bonds. The number of pyridine rings is 1. The molecule has 0 radical (unpaired) electrons. The lowest BCUT2D eigenvalue weighted by molar-refractivity contribution is -0.149. The Morgan fingerprint density at radius 3 is 2.63 bits per heavy atom. The van der Waals surface area contributed by atoms with Crippen molar-refractivity contribution in [2.75, 3.05) is 43.0 Å². The minimum absolute atomic E-state index is 0.0112. The topological polar surface area (TPSA) is 80.8 Å². The van der Waals surface area contributed by atoms with E-state index in [0.29, 0.717) is 33.6 Å². The summed E-state index contributed by atoms with van der Waals surface area (Å²) in [4.78, 5) is 24.5. The van der Waals surface area contributed by atoms with Crippen molar-refractivity contribution in [3.8, 4) is 17.3 Å². The molecule has 3 aromatic heterocycles. The van der Waals surface area contributed by atoms with Gasteiger partial charge in [0.25, 0.3) is 0 Å². The fourth-order valence-electron chi connectivity index (χ4n) is 6.61. The van der Waals surface area contributed by atoms with Crippen molar-refractivity contribution >= 4 is 39.3 Å². The highest BCUT2D eigenvalue weighted by molar-refractivity contribution is 7.16. The molecule has 5 heterocycles. The molecule has 4 aromatic rings. The average Bonchev–Trinajstić information content (AvgIpc) is 3.58. The van der Waals surface area contributed by atoms with Crippen molar-refractivity contribution in [2.45, 2.75) is 39.0 Å². The van der Waals surface area contributed by atoms with E-state index in [0.717, 1.165) is 67.3 Å². The second-order valence-electron chi connectivity index (χ2n) is 12.5. The Bertz CT molecular complexity index is 1780. The third-order valence-electron chi connectivity index (χ3n) is 9.04. The van der Waals surface area contributed by atoms with Gasteiger partial charge in [0.2, 0.25) is 5.91 Å². The number of anilines is 3. The van der Waals surface area contributed by atoms with Crippen LogP contribution in [0.25, 0.3) is 16.8 Å². The third kappa shape index (κ3) is 4.67. The SMILES string of the molecule is C=CCC(C)C(=O)N1CC2(C1)CN(c1cc(C)n3nc(C4CC4)c(N(C)c4nc(-c5ccc(F)cc5)c(C#N)s4)c3c1)C2. The Morgan fingerprint density at radius 1 is 1.26 bits per heavy atom. The number of likely N-dealkylation sites (tertiary alicyclic amines) is 1. The summed E-state index contributed by atoms with van der Waals surface area (Å²) in [5.74, 6) is 0.296. The number of nitriles is 1. The lowest BCUT2D eigenvalue weighted by Crippen LogP contribution is -2.73. The van der Waals surface area contributed by atoms with Crippen LogP contribution in [0.2, 0.25) is 0 Å². The van der Waals surface area contributed by atoms with Crippen molar-refractivity contribution in [3.05, 3.63) is 71.1 Å². The highest BCUT2D eigenvalue weighted by Gasteiger charge is 2.53. The van der Waals surface area contributed by atoms with Crippen molar-refractivity contribution in [1.29, 1.82) is 5.26 Å². The lowest BCUT2D eigenvalue weighted by Gasteiger charge is -2.61. The summed E-state index contributed by atoms with van der Waals surface area (Å²) in [6.45, 7) is 11.3. The van der Waals surface area contributed by atoms with E-state index in [1.54, 1.807) is 12.1 Å². The van der Waals surface area contributed by atoms with E-state index in [-0.39, 0.29) is 23.1 Å². The predicted molar refractivity (Wildman–Crippen MR) is 167 cm³/mol. The van der Waals surface area contributed by atoms with Gasteiger partial charge in [-0.05, 0) is 62.6 Å². The Morgan fingerprint density at radius 2 is 1.98 bits per heavy atom. The molecular formula is C33H34FN7OS. The fraction of sp³-hybridized carbons (Fsp3) is 0.394. The zero-order valence-electron chi connectivity index (χ0n) is 24.7. The number of aryl methyl sites for hydroxylation is 1. The second-order valence-corrected chi connectivity index (χ2v) is 13.5. The monoisotopic (exact) mass is 595 g/mol. The number of carbonyl (C=O) groups is 1. The van der Waals surface area contributed by atoms with Crippen LogP contribution in [0.15, 0.2) is 49.1 Å². The first kappa shape index (κ1) is 27.6. The highest BCUT2D eigenvalue weighted by atomic mass is 32.1. The Hall–Kier alpha value is -4.23. The molecular weight excluding hydrogens is 561 g/mol. The average molecular weight is 596 g/mol. The second kappa shape index (κ2) is 10.2. The first-order valence-electron chi connectivity index (χ1n) is 14.8. The molecule has 1 saturated carbocycles. The maximum atomic E-state index is 13.6. The number of halogens is 1. The Labute approximate surface area is 254 Å². The van der Waals surface area contributed by atoms with Gasteiger partial charge in [-0.1, -0.05) is 24.3 Å². The quantitative estimate of drug-likeness (QED) is 0.223. The summed E-state index contributed by atoms with van der Waals surface area (Å²) in [7, 11) is 1.99. The maximum absolute atomic E-state index is 13.6. The molecule has 1 unspecified atom stereocenters. The number of thiazole rings is 1. The normalized spacial score (nSPS) is 17.8. The van der Waals surface area contributed by atoms with Gasteiger partial charge in [-0.2, -0.15) is 10.4 Å². The summed E-state index contributed by atoms with van der Waals surface area (Å²) >= 11 is 1.34. The summed E-state index contributed by atoms with van der Waals surface area (Å²) in [5, 5.41) is 15.7. The van der Waals surface area contributed by atoms with Crippen LogP contribution in [0, 0.1) is 35.4 Å². The third-order valence-corrected chi connectivity index (χ3v) is 10.1. The number of fused-ring (bicyclic) bond motifs is 1. The number of amides is 1. The Balaban J connectivity index is 1.18. The van der Waals surface area contributed by atoms with Gasteiger partial charge in [0, 0.05) is 67.4 Å². The van der Waals surface area contributed by atoms with E-state index in [9.17, 15) is 14.4 Å². The molecule has 43 heavy (non-hydrogen) atoms. The van der Waals surface area contributed by atoms with Crippen LogP contribution in [-0.2, 0) is 4.79 Å². The van der Waals surface area contributed by atoms with Gasteiger partial charge < -0.3 is 14.7 Å². The molecule has 2 saturated heterocycles.